The molecule has 2 aromatic carbocycles. The summed E-state index contributed by atoms with van der Waals surface area (Å²) in [4.78, 5) is 12.3. The van der Waals surface area contributed by atoms with Gasteiger partial charge in [0, 0.05) is 11.1 Å². The fourth-order valence-corrected chi connectivity index (χ4v) is 2.42. The highest BCUT2D eigenvalue weighted by atomic mass is 16.5. The summed E-state index contributed by atoms with van der Waals surface area (Å²) in [6.45, 7) is 1.94. The molecule has 0 aliphatic rings. The van der Waals surface area contributed by atoms with Crippen molar-refractivity contribution in [3.63, 3.8) is 0 Å². The molecule has 1 amide bonds. The van der Waals surface area contributed by atoms with Crippen LogP contribution in [0.3, 0.4) is 0 Å². The molecule has 0 aromatic heterocycles. The first-order valence-corrected chi connectivity index (χ1v) is 7.20. The van der Waals surface area contributed by atoms with E-state index in [4.69, 9.17) is 9.47 Å². The summed E-state index contributed by atoms with van der Waals surface area (Å²) in [7, 11) is 3.23. The van der Waals surface area contributed by atoms with E-state index in [9.17, 15) is 4.79 Å². The Morgan fingerprint density at radius 3 is 2.27 bits per heavy atom. The quantitative estimate of drug-likeness (QED) is 0.891. The predicted molar refractivity (Wildman–Crippen MR) is 86.2 cm³/mol. The van der Waals surface area contributed by atoms with E-state index < -0.39 is 0 Å². The fraction of sp³-hybridized carbons (Fsp3) is 0.278. The second-order valence-electron chi connectivity index (χ2n) is 5.02. The molecule has 0 spiro atoms. The molecule has 4 heteroatoms. The molecule has 0 fully saturated rings. The average Bonchev–Trinajstić information content (AvgIpc) is 2.55. The van der Waals surface area contributed by atoms with Crippen LogP contribution in [0.2, 0.25) is 0 Å². The number of ether oxygens (including phenoxy) is 2. The Balaban J connectivity index is 2.05. The summed E-state index contributed by atoms with van der Waals surface area (Å²) in [5.74, 6) is 1.44. The highest BCUT2D eigenvalue weighted by molar-refractivity contribution is 5.79. The third-order valence-corrected chi connectivity index (χ3v) is 3.53. The van der Waals surface area contributed by atoms with Gasteiger partial charge in [-0.2, -0.15) is 0 Å². The first kappa shape index (κ1) is 15.9. The van der Waals surface area contributed by atoms with Crippen LogP contribution < -0.4 is 14.8 Å². The summed E-state index contributed by atoms with van der Waals surface area (Å²) >= 11 is 0. The topological polar surface area (TPSA) is 47.6 Å². The van der Waals surface area contributed by atoms with E-state index >= 15 is 0 Å². The molecule has 0 aliphatic heterocycles. The van der Waals surface area contributed by atoms with Crippen molar-refractivity contribution in [3.05, 3.63) is 59.7 Å². The van der Waals surface area contributed by atoms with Gasteiger partial charge >= 0.3 is 0 Å². The number of hydrogen-bond acceptors (Lipinski definition) is 3. The van der Waals surface area contributed by atoms with Crippen LogP contribution in [0.5, 0.6) is 11.5 Å². The van der Waals surface area contributed by atoms with Crippen LogP contribution in [0.25, 0.3) is 0 Å². The fourth-order valence-electron chi connectivity index (χ4n) is 2.42. The minimum absolute atomic E-state index is 0.0529. The van der Waals surface area contributed by atoms with Gasteiger partial charge in [-0.1, -0.05) is 36.4 Å². The number of para-hydroxylation sites is 2. The molecule has 0 radical (unpaired) electrons. The van der Waals surface area contributed by atoms with Gasteiger partial charge in [-0.15, -0.1) is 0 Å². The van der Waals surface area contributed by atoms with Crippen molar-refractivity contribution >= 4 is 5.91 Å². The molecule has 1 N–H and O–H groups in total. The van der Waals surface area contributed by atoms with E-state index in [0.717, 1.165) is 22.6 Å². The Labute approximate surface area is 131 Å². The largest absolute Gasteiger partial charge is 0.496 e. The van der Waals surface area contributed by atoms with Crippen LogP contribution in [0.1, 0.15) is 24.1 Å². The van der Waals surface area contributed by atoms with Crippen LogP contribution in [0.4, 0.5) is 0 Å². The molecule has 1 atom stereocenters. The monoisotopic (exact) mass is 299 g/mol. The minimum Gasteiger partial charge on any atom is -0.496 e. The van der Waals surface area contributed by atoms with E-state index in [1.165, 1.54) is 0 Å². The standard InChI is InChI=1S/C18H21NO3/c1-13(15-9-5-7-11-17(15)22-3)19-18(20)12-14-8-4-6-10-16(14)21-2/h4-11,13H,12H2,1-3H3,(H,19,20). The van der Waals surface area contributed by atoms with Gasteiger partial charge in [0.1, 0.15) is 11.5 Å². The Kier molecular flexibility index (Phi) is 5.42. The van der Waals surface area contributed by atoms with Crippen molar-refractivity contribution in [2.45, 2.75) is 19.4 Å². The van der Waals surface area contributed by atoms with E-state index in [-0.39, 0.29) is 18.4 Å². The van der Waals surface area contributed by atoms with Crippen molar-refractivity contribution < 1.29 is 14.3 Å². The maximum Gasteiger partial charge on any atom is 0.225 e. The third kappa shape index (κ3) is 3.79. The number of hydrogen-bond donors (Lipinski definition) is 1. The van der Waals surface area contributed by atoms with Crippen molar-refractivity contribution in [2.24, 2.45) is 0 Å². The third-order valence-electron chi connectivity index (χ3n) is 3.53. The van der Waals surface area contributed by atoms with E-state index in [1.807, 2.05) is 55.5 Å². The molecule has 0 aliphatic carbocycles. The van der Waals surface area contributed by atoms with Crippen LogP contribution in [0, 0.1) is 0 Å². The highest BCUT2D eigenvalue weighted by Gasteiger charge is 2.15. The molecule has 0 saturated carbocycles. The second-order valence-corrected chi connectivity index (χ2v) is 5.02. The Morgan fingerprint density at radius 1 is 1.00 bits per heavy atom. The summed E-state index contributed by atoms with van der Waals surface area (Å²) in [5.41, 5.74) is 1.83. The van der Waals surface area contributed by atoms with Gasteiger partial charge < -0.3 is 14.8 Å². The van der Waals surface area contributed by atoms with Gasteiger partial charge in [0.25, 0.3) is 0 Å². The molecule has 22 heavy (non-hydrogen) atoms. The number of benzene rings is 2. The molecular weight excluding hydrogens is 278 g/mol. The number of rotatable bonds is 6. The van der Waals surface area contributed by atoms with Gasteiger partial charge in [-0.25, -0.2) is 0 Å². The Hall–Kier alpha value is -2.49. The van der Waals surface area contributed by atoms with E-state index in [1.54, 1.807) is 14.2 Å². The minimum atomic E-state index is -0.127. The molecule has 0 bridgehead atoms. The average molecular weight is 299 g/mol. The molecule has 0 heterocycles. The maximum absolute atomic E-state index is 12.3. The van der Waals surface area contributed by atoms with Crippen LogP contribution in [-0.4, -0.2) is 20.1 Å². The molecule has 116 valence electrons. The smallest absolute Gasteiger partial charge is 0.225 e. The van der Waals surface area contributed by atoms with Crippen molar-refractivity contribution in [1.82, 2.24) is 5.32 Å². The van der Waals surface area contributed by atoms with E-state index in [0.29, 0.717) is 0 Å². The summed E-state index contributed by atoms with van der Waals surface area (Å²) < 4.78 is 10.6. The molecular formula is C18H21NO3. The summed E-state index contributed by atoms with van der Waals surface area (Å²) in [6, 6.07) is 15.1. The summed E-state index contributed by atoms with van der Waals surface area (Å²) in [6.07, 6.45) is 0.281. The highest BCUT2D eigenvalue weighted by Crippen LogP contribution is 2.24. The van der Waals surface area contributed by atoms with Gasteiger partial charge in [0.15, 0.2) is 0 Å². The Bertz CT molecular complexity index is 640. The number of carbonyl (C=O) groups excluding carboxylic acids is 1. The number of methoxy groups -OCH3 is 2. The van der Waals surface area contributed by atoms with Crippen LogP contribution in [-0.2, 0) is 11.2 Å². The number of carbonyl (C=O) groups is 1. The van der Waals surface area contributed by atoms with Crippen molar-refractivity contribution in [3.8, 4) is 11.5 Å². The normalized spacial score (nSPS) is 11.6. The van der Waals surface area contributed by atoms with Gasteiger partial charge in [-0.3, -0.25) is 4.79 Å². The van der Waals surface area contributed by atoms with Crippen molar-refractivity contribution in [2.75, 3.05) is 14.2 Å². The van der Waals surface area contributed by atoms with Gasteiger partial charge in [0.2, 0.25) is 5.91 Å². The van der Waals surface area contributed by atoms with Crippen LogP contribution in [0.15, 0.2) is 48.5 Å². The summed E-state index contributed by atoms with van der Waals surface area (Å²) in [5, 5.41) is 3.00. The SMILES string of the molecule is COc1ccccc1CC(=O)NC(C)c1ccccc1OC. The molecule has 2 rings (SSSR count). The zero-order valence-corrected chi connectivity index (χ0v) is 13.1. The number of amides is 1. The van der Waals surface area contributed by atoms with Gasteiger partial charge in [0.05, 0.1) is 26.7 Å². The van der Waals surface area contributed by atoms with Crippen LogP contribution >= 0.6 is 0 Å². The Morgan fingerprint density at radius 2 is 1.59 bits per heavy atom. The van der Waals surface area contributed by atoms with E-state index in [2.05, 4.69) is 5.32 Å². The first-order chi connectivity index (χ1) is 10.7. The lowest BCUT2D eigenvalue weighted by Crippen LogP contribution is -2.28. The lowest BCUT2D eigenvalue weighted by atomic mass is 10.1. The molecule has 2 aromatic rings. The zero-order valence-electron chi connectivity index (χ0n) is 13.1. The number of nitrogens with one attached hydrogen (secondary N) is 1. The van der Waals surface area contributed by atoms with Gasteiger partial charge in [-0.05, 0) is 19.1 Å². The predicted octanol–water partition coefficient (Wildman–Crippen LogP) is 3.12. The lowest BCUT2D eigenvalue weighted by Gasteiger charge is -2.17. The maximum atomic E-state index is 12.3. The van der Waals surface area contributed by atoms with Crippen molar-refractivity contribution in [1.29, 1.82) is 0 Å². The lowest BCUT2D eigenvalue weighted by molar-refractivity contribution is -0.121. The molecule has 1 unspecified atom stereocenters. The second kappa shape index (κ2) is 7.50. The molecule has 0 saturated heterocycles. The zero-order chi connectivity index (χ0) is 15.9. The molecule has 4 nitrogen and oxygen atoms in total. The first-order valence-electron chi connectivity index (χ1n) is 7.20.